The van der Waals surface area contributed by atoms with Crippen LogP contribution in [0.1, 0.15) is 49.5 Å². The van der Waals surface area contributed by atoms with Crippen molar-refractivity contribution in [1.82, 2.24) is 10.3 Å². The SMILES string of the molecule is Cc1cc(C(=O)NC2(c3ccc(C(F)(F)F)c(F)c3)CCOc3cccnc32)ccc1C(=O)O. The second kappa shape index (κ2) is 8.44. The van der Waals surface area contributed by atoms with Crippen LogP contribution in [0, 0.1) is 12.7 Å². The van der Waals surface area contributed by atoms with Crippen LogP contribution in [0.5, 0.6) is 5.75 Å². The van der Waals surface area contributed by atoms with E-state index in [0.717, 1.165) is 12.1 Å². The lowest BCUT2D eigenvalue weighted by molar-refractivity contribution is -0.140. The van der Waals surface area contributed by atoms with Gasteiger partial charge in [-0.2, -0.15) is 13.2 Å². The van der Waals surface area contributed by atoms with Gasteiger partial charge < -0.3 is 15.2 Å². The number of nitrogens with zero attached hydrogens (tertiary/aromatic N) is 1. The number of carbonyl (C=O) groups excluding carboxylic acids is 1. The molecule has 1 aromatic heterocycles. The Bertz CT molecular complexity index is 1290. The summed E-state index contributed by atoms with van der Waals surface area (Å²) in [6.45, 7) is 1.62. The highest BCUT2D eigenvalue weighted by Crippen LogP contribution is 2.42. The smallest absolute Gasteiger partial charge is 0.419 e. The fraction of sp³-hybridized carbons (Fsp3) is 0.208. The second-order valence-corrected chi connectivity index (χ2v) is 7.84. The van der Waals surface area contributed by atoms with Crippen molar-refractivity contribution in [3.05, 3.63) is 94.1 Å². The van der Waals surface area contributed by atoms with Crippen molar-refractivity contribution in [2.24, 2.45) is 0 Å². The molecule has 0 radical (unpaired) electrons. The number of ether oxygens (including phenoxy) is 1. The Labute approximate surface area is 191 Å². The fourth-order valence-corrected chi connectivity index (χ4v) is 4.06. The van der Waals surface area contributed by atoms with E-state index in [0.29, 0.717) is 17.4 Å². The number of aromatic nitrogens is 1. The number of halogens is 4. The summed E-state index contributed by atoms with van der Waals surface area (Å²) < 4.78 is 59.5. The van der Waals surface area contributed by atoms with E-state index in [-0.39, 0.29) is 35.4 Å². The zero-order chi connectivity index (χ0) is 24.7. The Hall–Kier alpha value is -3.95. The summed E-state index contributed by atoms with van der Waals surface area (Å²) in [5.74, 6) is -2.97. The molecular weight excluding hydrogens is 456 g/mol. The monoisotopic (exact) mass is 474 g/mol. The number of benzene rings is 2. The lowest BCUT2D eigenvalue weighted by Crippen LogP contribution is -2.50. The molecule has 1 amide bonds. The number of amides is 1. The minimum Gasteiger partial charge on any atom is -0.491 e. The minimum absolute atomic E-state index is 0.0224. The molecular formula is C24H18F4N2O4. The third-order valence-corrected chi connectivity index (χ3v) is 5.72. The van der Waals surface area contributed by atoms with Gasteiger partial charge in [0.25, 0.3) is 5.91 Å². The van der Waals surface area contributed by atoms with Crippen LogP contribution in [-0.4, -0.2) is 28.6 Å². The number of hydrogen-bond acceptors (Lipinski definition) is 4. The molecule has 0 fully saturated rings. The Kier molecular flexibility index (Phi) is 5.76. The summed E-state index contributed by atoms with van der Waals surface area (Å²) in [4.78, 5) is 28.8. The maximum Gasteiger partial charge on any atom is 0.419 e. The fourth-order valence-electron chi connectivity index (χ4n) is 4.06. The zero-order valence-electron chi connectivity index (χ0n) is 17.7. The molecule has 0 spiro atoms. The number of alkyl halides is 3. The van der Waals surface area contributed by atoms with E-state index in [4.69, 9.17) is 4.74 Å². The number of pyridine rings is 1. The summed E-state index contributed by atoms with van der Waals surface area (Å²) in [5.41, 5.74) is -2.14. The van der Waals surface area contributed by atoms with Gasteiger partial charge in [-0.3, -0.25) is 9.78 Å². The first-order valence-corrected chi connectivity index (χ1v) is 10.1. The lowest BCUT2D eigenvalue weighted by Gasteiger charge is -2.39. The number of nitrogens with one attached hydrogen (secondary N) is 1. The van der Waals surface area contributed by atoms with Crippen LogP contribution in [0.25, 0.3) is 0 Å². The van der Waals surface area contributed by atoms with Crippen molar-refractivity contribution >= 4 is 11.9 Å². The third kappa shape index (κ3) is 4.07. The first-order chi connectivity index (χ1) is 16.0. The van der Waals surface area contributed by atoms with Crippen molar-refractivity contribution in [2.45, 2.75) is 25.1 Å². The highest BCUT2D eigenvalue weighted by molar-refractivity contribution is 5.97. The highest BCUT2D eigenvalue weighted by Gasteiger charge is 2.44. The molecule has 34 heavy (non-hydrogen) atoms. The van der Waals surface area contributed by atoms with Crippen LogP contribution in [0.2, 0.25) is 0 Å². The quantitative estimate of drug-likeness (QED) is 0.535. The van der Waals surface area contributed by atoms with Crippen molar-refractivity contribution < 1.29 is 37.0 Å². The van der Waals surface area contributed by atoms with Gasteiger partial charge in [-0.15, -0.1) is 0 Å². The number of rotatable bonds is 4. The molecule has 2 N–H and O–H groups in total. The Morgan fingerprint density at radius 2 is 1.91 bits per heavy atom. The highest BCUT2D eigenvalue weighted by atomic mass is 19.4. The minimum atomic E-state index is -4.88. The molecule has 0 saturated heterocycles. The first kappa shape index (κ1) is 23.2. The van der Waals surface area contributed by atoms with E-state index in [1.54, 1.807) is 12.1 Å². The van der Waals surface area contributed by atoms with Gasteiger partial charge in [0.1, 0.15) is 22.8 Å². The molecule has 0 bridgehead atoms. The Morgan fingerprint density at radius 3 is 2.56 bits per heavy atom. The summed E-state index contributed by atoms with van der Waals surface area (Å²) in [6, 6.07) is 9.66. The Morgan fingerprint density at radius 1 is 1.15 bits per heavy atom. The van der Waals surface area contributed by atoms with E-state index < -0.39 is 35.0 Å². The van der Waals surface area contributed by atoms with Gasteiger partial charge in [-0.05, 0) is 60.5 Å². The van der Waals surface area contributed by atoms with Crippen molar-refractivity contribution in [3.63, 3.8) is 0 Å². The van der Waals surface area contributed by atoms with Crippen molar-refractivity contribution in [2.75, 3.05) is 6.61 Å². The average molecular weight is 474 g/mol. The molecule has 1 atom stereocenters. The number of aryl methyl sites for hydroxylation is 1. The summed E-state index contributed by atoms with van der Waals surface area (Å²) in [6.07, 6.45) is -3.38. The van der Waals surface area contributed by atoms with Crippen LogP contribution in [0.3, 0.4) is 0 Å². The van der Waals surface area contributed by atoms with Gasteiger partial charge in [0, 0.05) is 18.2 Å². The van der Waals surface area contributed by atoms with Gasteiger partial charge in [0.15, 0.2) is 0 Å². The normalized spacial score (nSPS) is 17.4. The standard InChI is InChI=1S/C24H18F4N2O4/c1-13-11-14(4-6-16(13)22(32)33)21(31)30-23(8-10-34-19-3-2-9-29-20(19)23)15-5-7-17(18(25)12-15)24(26,27)28/h2-7,9,11-12H,8,10H2,1H3,(H,30,31)(H,32,33). The van der Waals surface area contributed by atoms with Crippen LogP contribution in [0.4, 0.5) is 17.6 Å². The third-order valence-electron chi connectivity index (χ3n) is 5.72. The van der Waals surface area contributed by atoms with Gasteiger partial charge in [0.05, 0.1) is 17.7 Å². The molecule has 2 heterocycles. The number of carboxylic acid groups (broad SMARTS) is 1. The van der Waals surface area contributed by atoms with E-state index >= 15 is 0 Å². The molecule has 2 aromatic carbocycles. The predicted octanol–water partition coefficient (Wildman–Crippen LogP) is 4.70. The molecule has 1 aliphatic heterocycles. The number of aromatic carboxylic acids is 1. The molecule has 1 aliphatic rings. The molecule has 3 aromatic rings. The van der Waals surface area contributed by atoms with E-state index in [1.165, 1.54) is 31.3 Å². The van der Waals surface area contributed by atoms with Crippen LogP contribution < -0.4 is 10.1 Å². The zero-order valence-corrected chi connectivity index (χ0v) is 17.7. The summed E-state index contributed by atoms with van der Waals surface area (Å²) in [7, 11) is 0. The van der Waals surface area contributed by atoms with Crippen LogP contribution in [0.15, 0.2) is 54.7 Å². The Balaban J connectivity index is 1.83. The molecule has 4 rings (SSSR count). The number of fused-ring (bicyclic) bond motifs is 1. The van der Waals surface area contributed by atoms with E-state index in [9.17, 15) is 32.3 Å². The summed E-state index contributed by atoms with van der Waals surface area (Å²) in [5, 5.41) is 12.0. The maximum atomic E-state index is 14.5. The predicted molar refractivity (Wildman–Crippen MR) is 112 cm³/mol. The van der Waals surface area contributed by atoms with Gasteiger partial charge in [-0.25, -0.2) is 9.18 Å². The van der Waals surface area contributed by atoms with Crippen LogP contribution in [-0.2, 0) is 11.7 Å². The number of carbonyl (C=O) groups is 2. The molecule has 1 unspecified atom stereocenters. The maximum absolute atomic E-state index is 14.5. The topological polar surface area (TPSA) is 88.5 Å². The van der Waals surface area contributed by atoms with Gasteiger partial charge in [-0.1, -0.05) is 6.07 Å². The van der Waals surface area contributed by atoms with Crippen molar-refractivity contribution in [1.29, 1.82) is 0 Å². The summed E-state index contributed by atoms with van der Waals surface area (Å²) >= 11 is 0. The van der Waals surface area contributed by atoms with Gasteiger partial charge >= 0.3 is 12.1 Å². The van der Waals surface area contributed by atoms with E-state index in [1.807, 2.05) is 0 Å². The van der Waals surface area contributed by atoms with E-state index in [2.05, 4.69) is 10.3 Å². The number of hydrogen-bond donors (Lipinski definition) is 2. The second-order valence-electron chi connectivity index (χ2n) is 7.84. The molecule has 10 heteroatoms. The molecule has 176 valence electrons. The van der Waals surface area contributed by atoms with Gasteiger partial charge in [0.2, 0.25) is 0 Å². The molecule has 0 saturated carbocycles. The van der Waals surface area contributed by atoms with Crippen molar-refractivity contribution in [3.8, 4) is 5.75 Å². The molecule has 6 nitrogen and oxygen atoms in total. The molecule has 0 aliphatic carbocycles. The largest absolute Gasteiger partial charge is 0.491 e. The van der Waals surface area contributed by atoms with Crippen LogP contribution >= 0.6 is 0 Å². The number of carboxylic acids is 1. The first-order valence-electron chi connectivity index (χ1n) is 10.1. The average Bonchev–Trinajstić information content (AvgIpc) is 2.78. The lowest BCUT2D eigenvalue weighted by atomic mass is 9.80.